The quantitative estimate of drug-likeness (QED) is 0.862. The molecule has 1 saturated heterocycles. The first-order valence-corrected chi connectivity index (χ1v) is 8.15. The van der Waals surface area contributed by atoms with Gasteiger partial charge >= 0.3 is 0 Å². The van der Waals surface area contributed by atoms with Crippen LogP contribution >= 0.6 is 0 Å². The van der Waals surface area contributed by atoms with Crippen LogP contribution in [0.25, 0.3) is 0 Å². The lowest BCUT2D eigenvalue weighted by Gasteiger charge is -2.46. The SMILES string of the molecule is CC(C)(N)C(C)(C)C(=O)C1CCOC2(CCCCC2)C1. The molecule has 2 rings (SSSR count). The molecule has 2 fully saturated rings. The van der Waals surface area contributed by atoms with Gasteiger partial charge in [0.1, 0.15) is 5.78 Å². The second-order valence-corrected chi connectivity index (χ2v) is 7.99. The van der Waals surface area contributed by atoms with Crippen LogP contribution in [0.1, 0.15) is 72.6 Å². The summed E-state index contributed by atoms with van der Waals surface area (Å²) in [6, 6.07) is 0. The number of rotatable bonds is 3. The average Bonchev–Trinajstić information content (AvgIpc) is 2.37. The van der Waals surface area contributed by atoms with Crippen LogP contribution in [0.3, 0.4) is 0 Å². The van der Waals surface area contributed by atoms with Crippen molar-refractivity contribution in [1.29, 1.82) is 0 Å². The lowest BCUT2D eigenvalue weighted by molar-refractivity contribution is -0.152. The molecule has 1 aliphatic carbocycles. The van der Waals surface area contributed by atoms with Crippen molar-refractivity contribution in [3.63, 3.8) is 0 Å². The van der Waals surface area contributed by atoms with Crippen molar-refractivity contribution in [2.75, 3.05) is 6.61 Å². The number of nitrogens with two attached hydrogens (primary N) is 1. The molecule has 1 atom stereocenters. The molecule has 116 valence electrons. The maximum Gasteiger partial charge on any atom is 0.143 e. The molecule has 1 saturated carbocycles. The highest BCUT2D eigenvalue weighted by Crippen LogP contribution is 2.44. The van der Waals surface area contributed by atoms with Crippen LogP contribution in [0.4, 0.5) is 0 Å². The van der Waals surface area contributed by atoms with Crippen molar-refractivity contribution in [3.05, 3.63) is 0 Å². The van der Waals surface area contributed by atoms with Crippen LogP contribution in [0.5, 0.6) is 0 Å². The number of ketones is 1. The van der Waals surface area contributed by atoms with Crippen molar-refractivity contribution in [2.24, 2.45) is 17.1 Å². The summed E-state index contributed by atoms with van der Waals surface area (Å²) >= 11 is 0. The van der Waals surface area contributed by atoms with E-state index in [2.05, 4.69) is 0 Å². The molecule has 2 N–H and O–H groups in total. The third-order valence-corrected chi connectivity index (χ3v) is 5.86. The molecule has 1 spiro atoms. The Hall–Kier alpha value is -0.410. The number of ether oxygens (including phenoxy) is 1. The zero-order chi connectivity index (χ0) is 15.0. The summed E-state index contributed by atoms with van der Waals surface area (Å²) in [5.41, 5.74) is 5.27. The zero-order valence-corrected chi connectivity index (χ0v) is 13.6. The Morgan fingerprint density at radius 3 is 2.30 bits per heavy atom. The van der Waals surface area contributed by atoms with Gasteiger partial charge in [-0.2, -0.15) is 0 Å². The van der Waals surface area contributed by atoms with Crippen molar-refractivity contribution >= 4 is 5.78 Å². The monoisotopic (exact) mass is 281 g/mol. The summed E-state index contributed by atoms with van der Waals surface area (Å²) < 4.78 is 6.10. The van der Waals surface area contributed by atoms with Gasteiger partial charge in [-0.15, -0.1) is 0 Å². The number of hydrogen-bond donors (Lipinski definition) is 1. The molecule has 0 radical (unpaired) electrons. The van der Waals surface area contributed by atoms with E-state index in [-0.39, 0.29) is 11.5 Å². The normalized spacial score (nSPS) is 27.6. The first kappa shape index (κ1) is 16.0. The lowest BCUT2D eigenvalue weighted by Crippen LogP contribution is -2.55. The largest absolute Gasteiger partial charge is 0.375 e. The van der Waals surface area contributed by atoms with Gasteiger partial charge in [0.15, 0.2) is 0 Å². The van der Waals surface area contributed by atoms with Crippen molar-refractivity contribution in [3.8, 4) is 0 Å². The van der Waals surface area contributed by atoms with Crippen LogP contribution in [0.15, 0.2) is 0 Å². The summed E-state index contributed by atoms with van der Waals surface area (Å²) in [6.45, 7) is 8.65. The van der Waals surface area contributed by atoms with Crippen molar-refractivity contribution < 1.29 is 9.53 Å². The molecule has 1 aliphatic heterocycles. The summed E-state index contributed by atoms with van der Waals surface area (Å²) in [4.78, 5) is 13.0. The van der Waals surface area contributed by atoms with E-state index in [9.17, 15) is 4.79 Å². The van der Waals surface area contributed by atoms with Gasteiger partial charge in [0.25, 0.3) is 0 Å². The van der Waals surface area contributed by atoms with Gasteiger partial charge in [-0.05, 0) is 39.5 Å². The van der Waals surface area contributed by atoms with E-state index in [1.807, 2.05) is 27.7 Å². The zero-order valence-electron chi connectivity index (χ0n) is 13.6. The van der Waals surface area contributed by atoms with Crippen LogP contribution in [0.2, 0.25) is 0 Å². The van der Waals surface area contributed by atoms with Gasteiger partial charge in [0.05, 0.1) is 5.60 Å². The van der Waals surface area contributed by atoms with Crippen LogP contribution < -0.4 is 5.73 Å². The first-order chi connectivity index (χ1) is 9.18. The molecule has 0 aromatic carbocycles. The van der Waals surface area contributed by atoms with E-state index in [0.29, 0.717) is 5.78 Å². The molecule has 0 bridgehead atoms. The number of carbonyl (C=O) groups is 1. The Kier molecular flexibility index (Phi) is 4.32. The molecular weight excluding hydrogens is 250 g/mol. The Balaban J connectivity index is 2.11. The smallest absolute Gasteiger partial charge is 0.143 e. The van der Waals surface area contributed by atoms with Crippen LogP contribution in [-0.4, -0.2) is 23.5 Å². The van der Waals surface area contributed by atoms with E-state index < -0.39 is 11.0 Å². The third kappa shape index (κ3) is 2.94. The minimum Gasteiger partial charge on any atom is -0.375 e. The highest BCUT2D eigenvalue weighted by molar-refractivity contribution is 5.87. The topological polar surface area (TPSA) is 52.3 Å². The molecule has 2 aliphatic rings. The van der Waals surface area contributed by atoms with E-state index >= 15 is 0 Å². The molecular formula is C17H31NO2. The molecule has 0 aromatic heterocycles. The Bertz CT molecular complexity index is 356. The Labute approximate surface area is 123 Å². The minimum absolute atomic E-state index is 0.00829. The highest BCUT2D eigenvalue weighted by atomic mass is 16.5. The molecule has 1 unspecified atom stereocenters. The van der Waals surface area contributed by atoms with Gasteiger partial charge in [0.2, 0.25) is 0 Å². The van der Waals surface area contributed by atoms with Crippen LogP contribution in [0, 0.1) is 11.3 Å². The summed E-state index contributed by atoms with van der Waals surface area (Å²) in [7, 11) is 0. The van der Waals surface area contributed by atoms with Gasteiger partial charge in [-0.1, -0.05) is 33.1 Å². The average molecular weight is 281 g/mol. The summed E-state index contributed by atoms with van der Waals surface area (Å²) in [6.07, 6.45) is 7.82. The molecule has 0 aromatic rings. The number of hydrogen-bond acceptors (Lipinski definition) is 3. The number of Topliss-reactive ketones (excluding diaryl/α,β-unsaturated/α-hetero) is 1. The molecule has 1 heterocycles. The summed E-state index contributed by atoms with van der Waals surface area (Å²) in [5.74, 6) is 0.456. The minimum atomic E-state index is -0.484. The van der Waals surface area contributed by atoms with Gasteiger partial charge in [-0.3, -0.25) is 4.79 Å². The second-order valence-electron chi connectivity index (χ2n) is 7.99. The Morgan fingerprint density at radius 2 is 1.75 bits per heavy atom. The molecule has 3 heteroatoms. The Morgan fingerprint density at radius 1 is 1.15 bits per heavy atom. The molecule has 20 heavy (non-hydrogen) atoms. The predicted octanol–water partition coefficient (Wildman–Crippen LogP) is 3.45. The fraction of sp³-hybridized carbons (Fsp3) is 0.941. The van der Waals surface area contributed by atoms with Gasteiger partial charge in [-0.25, -0.2) is 0 Å². The van der Waals surface area contributed by atoms with E-state index in [0.717, 1.165) is 32.3 Å². The van der Waals surface area contributed by atoms with E-state index in [1.54, 1.807) is 0 Å². The van der Waals surface area contributed by atoms with Crippen LogP contribution in [-0.2, 0) is 9.53 Å². The van der Waals surface area contributed by atoms with Crippen molar-refractivity contribution in [2.45, 2.75) is 83.8 Å². The fourth-order valence-electron chi connectivity index (χ4n) is 3.62. The van der Waals surface area contributed by atoms with Crippen molar-refractivity contribution in [1.82, 2.24) is 0 Å². The lowest BCUT2D eigenvalue weighted by atomic mass is 9.65. The standard InChI is InChI=1S/C17H31NO2/c1-15(2,16(3,4)18)14(19)13-8-11-20-17(12-13)9-6-5-7-10-17/h13H,5-12,18H2,1-4H3. The summed E-state index contributed by atoms with van der Waals surface area (Å²) in [5, 5.41) is 0. The molecule has 3 nitrogen and oxygen atoms in total. The maximum atomic E-state index is 13.0. The van der Waals surface area contributed by atoms with E-state index in [1.165, 1.54) is 19.3 Å². The fourth-order valence-corrected chi connectivity index (χ4v) is 3.62. The van der Waals surface area contributed by atoms with Gasteiger partial charge in [0, 0.05) is 23.5 Å². The predicted molar refractivity (Wildman–Crippen MR) is 81.5 cm³/mol. The van der Waals surface area contributed by atoms with Gasteiger partial charge < -0.3 is 10.5 Å². The van der Waals surface area contributed by atoms with E-state index in [4.69, 9.17) is 10.5 Å². The first-order valence-electron chi connectivity index (χ1n) is 8.15. The molecule has 0 amide bonds. The second kappa shape index (κ2) is 5.42. The highest BCUT2D eigenvalue weighted by Gasteiger charge is 2.47. The maximum absolute atomic E-state index is 13.0. The third-order valence-electron chi connectivity index (χ3n) is 5.86. The number of carbonyl (C=O) groups excluding carboxylic acids is 1.